The fourth-order valence-corrected chi connectivity index (χ4v) is 3.52. The summed E-state index contributed by atoms with van der Waals surface area (Å²) in [4.78, 5) is 30.8. The van der Waals surface area contributed by atoms with E-state index in [0.717, 1.165) is 38.8 Å². The van der Waals surface area contributed by atoms with E-state index in [2.05, 4.69) is 15.5 Å². The maximum Gasteiger partial charge on any atom is 0.252 e. The molecule has 2 amide bonds. The number of carbonyl (C=O) groups excluding carboxylic acids is 2. The van der Waals surface area contributed by atoms with E-state index in [1.54, 1.807) is 32.0 Å². The lowest BCUT2D eigenvalue weighted by molar-refractivity contribution is -0.134. The van der Waals surface area contributed by atoms with Crippen LogP contribution in [-0.2, 0) is 4.79 Å². The summed E-state index contributed by atoms with van der Waals surface area (Å²) < 4.78 is 11.2. The zero-order valence-corrected chi connectivity index (χ0v) is 16.8. The Labute approximate surface area is 169 Å². The lowest BCUT2D eigenvalue weighted by Crippen LogP contribution is -2.42. The lowest BCUT2D eigenvalue weighted by Gasteiger charge is -2.32. The minimum Gasteiger partial charge on any atom is -0.490 e. The van der Waals surface area contributed by atoms with Crippen molar-refractivity contribution in [2.45, 2.75) is 51.7 Å². The quantitative estimate of drug-likeness (QED) is 0.803. The normalized spacial score (nSPS) is 18.3. The molecule has 8 heteroatoms. The first-order valence-electron chi connectivity index (χ1n) is 10.2. The fraction of sp³-hybridized carbons (Fsp3) is 0.524. The molecule has 2 heterocycles. The summed E-state index contributed by atoms with van der Waals surface area (Å²) in [5, 5.41) is 6.60. The van der Waals surface area contributed by atoms with Crippen molar-refractivity contribution in [1.29, 1.82) is 0 Å². The van der Waals surface area contributed by atoms with Crippen LogP contribution in [0.2, 0.25) is 0 Å². The fourth-order valence-electron chi connectivity index (χ4n) is 3.52. The number of amides is 2. The highest BCUT2D eigenvalue weighted by atomic mass is 16.5. The third kappa shape index (κ3) is 4.75. The van der Waals surface area contributed by atoms with Gasteiger partial charge in [-0.1, -0.05) is 11.2 Å². The molecule has 154 valence electrons. The Kier molecular flexibility index (Phi) is 5.51. The lowest BCUT2D eigenvalue weighted by atomic mass is 10.1. The number of hydrogen-bond donors (Lipinski definition) is 1. The predicted octanol–water partition coefficient (Wildman–Crippen LogP) is 2.65. The van der Waals surface area contributed by atoms with Crippen LogP contribution in [0.3, 0.4) is 0 Å². The van der Waals surface area contributed by atoms with Crippen LogP contribution in [0, 0.1) is 12.8 Å². The van der Waals surface area contributed by atoms with Crippen LogP contribution in [0.25, 0.3) is 0 Å². The van der Waals surface area contributed by atoms with Gasteiger partial charge in [-0.05, 0) is 44.9 Å². The van der Waals surface area contributed by atoms with Gasteiger partial charge < -0.3 is 19.5 Å². The molecule has 2 aliphatic rings. The maximum absolute atomic E-state index is 12.6. The van der Waals surface area contributed by atoms with E-state index < -0.39 is 0 Å². The molecule has 0 spiro atoms. The van der Waals surface area contributed by atoms with E-state index in [9.17, 15) is 9.59 Å². The Morgan fingerprint density at radius 1 is 1.24 bits per heavy atom. The van der Waals surface area contributed by atoms with Crippen molar-refractivity contribution in [2.24, 2.45) is 5.92 Å². The first kappa shape index (κ1) is 19.4. The molecule has 1 atom stereocenters. The van der Waals surface area contributed by atoms with Crippen molar-refractivity contribution in [3.63, 3.8) is 0 Å². The molecular formula is C21H26N4O4. The molecule has 1 aromatic carbocycles. The standard InChI is InChI=1S/C21H26N4O4/c1-13(20-23-14(2)24-29-20)22-19(26)16-4-3-5-18(12-16)28-17-8-10-25(11-9-17)21(27)15-6-7-15/h3-5,12-13,15,17H,6-11H2,1-2H3,(H,22,26)/t13-/m1/s1. The summed E-state index contributed by atoms with van der Waals surface area (Å²) in [5.41, 5.74) is 0.506. The number of carbonyl (C=O) groups is 2. The molecule has 8 nitrogen and oxygen atoms in total. The van der Waals surface area contributed by atoms with Gasteiger partial charge in [0.1, 0.15) is 17.9 Å². The number of likely N-dealkylation sites (tertiary alicyclic amines) is 1. The molecule has 4 rings (SSSR count). The van der Waals surface area contributed by atoms with Crippen molar-refractivity contribution < 1.29 is 18.8 Å². The number of aromatic nitrogens is 2. The average molecular weight is 398 g/mol. The number of piperidine rings is 1. The van der Waals surface area contributed by atoms with E-state index in [4.69, 9.17) is 9.26 Å². The number of nitrogens with one attached hydrogen (secondary N) is 1. The van der Waals surface area contributed by atoms with Gasteiger partial charge in [0.2, 0.25) is 11.8 Å². The van der Waals surface area contributed by atoms with E-state index in [0.29, 0.717) is 28.9 Å². The van der Waals surface area contributed by atoms with Crippen molar-refractivity contribution >= 4 is 11.8 Å². The van der Waals surface area contributed by atoms with Crippen LogP contribution in [0.4, 0.5) is 0 Å². The Balaban J connectivity index is 1.31. The van der Waals surface area contributed by atoms with Gasteiger partial charge in [0, 0.05) is 37.4 Å². The SMILES string of the molecule is Cc1noc([C@@H](C)NC(=O)c2cccc(OC3CCN(C(=O)C4CC4)CC3)c2)n1. The number of nitrogens with zero attached hydrogens (tertiary/aromatic N) is 3. The Bertz CT molecular complexity index is 884. The summed E-state index contributed by atoms with van der Waals surface area (Å²) in [6, 6.07) is 6.75. The molecule has 29 heavy (non-hydrogen) atoms. The highest BCUT2D eigenvalue weighted by Crippen LogP contribution is 2.32. The van der Waals surface area contributed by atoms with Crippen molar-refractivity contribution in [3.05, 3.63) is 41.5 Å². The van der Waals surface area contributed by atoms with Gasteiger partial charge >= 0.3 is 0 Å². The maximum atomic E-state index is 12.6. The predicted molar refractivity (Wildman–Crippen MR) is 104 cm³/mol. The Hall–Kier alpha value is -2.90. The molecule has 2 aromatic rings. The van der Waals surface area contributed by atoms with Crippen LogP contribution >= 0.6 is 0 Å². The van der Waals surface area contributed by atoms with Crippen molar-refractivity contribution in [3.8, 4) is 5.75 Å². The summed E-state index contributed by atoms with van der Waals surface area (Å²) in [7, 11) is 0. The first-order valence-corrected chi connectivity index (χ1v) is 10.2. The molecule has 0 unspecified atom stereocenters. The molecule has 1 aromatic heterocycles. The Morgan fingerprint density at radius 2 is 2.00 bits per heavy atom. The number of hydrogen-bond acceptors (Lipinski definition) is 6. The van der Waals surface area contributed by atoms with Crippen LogP contribution < -0.4 is 10.1 Å². The smallest absolute Gasteiger partial charge is 0.252 e. The number of rotatable bonds is 6. The largest absolute Gasteiger partial charge is 0.490 e. The van der Waals surface area contributed by atoms with Crippen molar-refractivity contribution in [1.82, 2.24) is 20.4 Å². The third-order valence-corrected chi connectivity index (χ3v) is 5.34. The molecule has 0 bridgehead atoms. The molecule has 2 fully saturated rings. The number of aryl methyl sites for hydroxylation is 1. The second kappa shape index (κ2) is 8.23. The summed E-state index contributed by atoms with van der Waals surface area (Å²) in [6.07, 6.45) is 3.74. The van der Waals surface area contributed by atoms with E-state index >= 15 is 0 Å². The van der Waals surface area contributed by atoms with Gasteiger partial charge in [-0.2, -0.15) is 4.98 Å². The van der Waals surface area contributed by atoms with Gasteiger partial charge in [-0.3, -0.25) is 9.59 Å². The molecule has 1 N–H and O–H groups in total. The highest BCUT2D eigenvalue weighted by Gasteiger charge is 2.35. The van der Waals surface area contributed by atoms with Gasteiger partial charge in [0.05, 0.1) is 0 Å². The topological polar surface area (TPSA) is 97.6 Å². The minimum atomic E-state index is -0.387. The van der Waals surface area contributed by atoms with Crippen LogP contribution in [0.1, 0.15) is 60.7 Å². The van der Waals surface area contributed by atoms with E-state index in [1.165, 1.54) is 0 Å². The summed E-state index contributed by atoms with van der Waals surface area (Å²) >= 11 is 0. The van der Waals surface area contributed by atoms with Crippen LogP contribution in [0.5, 0.6) is 5.75 Å². The van der Waals surface area contributed by atoms with E-state index in [1.807, 2.05) is 11.0 Å². The number of ether oxygens (including phenoxy) is 1. The Morgan fingerprint density at radius 3 is 2.66 bits per heavy atom. The molecular weight excluding hydrogens is 372 g/mol. The van der Waals surface area contributed by atoms with Gasteiger partial charge in [-0.25, -0.2) is 0 Å². The van der Waals surface area contributed by atoms with Gasteiger partial charge in [0.25, 0.3) is 5.91 Å². The second-order valence-corrected chi connectivity index (χ2v) is 7.82. The third-order valence-electron chi connectivity index (χ3n) is 5.34. The van der Waals surface area contributed by atoms with E-state index in [-0.39, 0.29) is 24.0 Å². The number of benzene rings is 1. The second-order valence-electron chi connectivity index (χ2n) is 7.82. The minimum absolute atomic E-state index is 0.0526. The zero-order chi connectivity index (χ0) is 20.4. The van der Waals surface area contributed by atoms with Crippen LogP contribution in [-0.4, -0.2) is 46.0 Å². The summed E-state index contributed by atoms with van der Waals surface area (Å²) in [6.45, 7) is 5.00. The molecule has 0 radical (unpaired) electrons. The summed E-state index contributed by atoms with van der Waals surface area (Å²) in [5.74, 6) is 1.89. The van der Waals surface area contributed by atoms with Crippen LogP contribution in [0.15, 0.2) is 28.8 Å². The zero-order valence-electron chi connectivity index (χ0n) is 16.8. The average Bonchev–Trinajstić information content (AvgIpc) is 3.48. The molecule has 1 aliphatic carbocycles. The molecule has 1 saturated heterocycles. The monoisotopic (exact) mass is 398 g/mol. The highest BCUT2D eigenvalue weighted by molar-refractivity contribution is 5.94. The van der Waals surface area contributed by atoms with Gasteiger partial charge in [0.15, 0.2) is 5.82 Å². The van der Waals surface area contributed by atoms with Crippen molar-refractivity contribution in [2.75, 3.05) is 13.1 Å². The molecule has 1 aliphatic heterocycles. The molecule has 1 saturated carbocycles. The van der Waals surface area contributed by atoms with Gasteiger partial charge in [-0.15, -0.1) is 0 Å². The first-order chi connectivity index (χ1) is 14.0.